The fraction of sp³-hybridized carbons (Fsp3) is 0.900. The van der Waals surface area contributed by atoms with Gasteiger partial charge in [-0.3, -0.25) is 0 Å². The minimum atomic E-state index is 0.0286. The van der Waals surface area contributed by atoms with Crippen LogP contribution in [0.2, 0.25) is 0 Å². The van der Waals surface area contributed by atoms with Crippen molar-refractivity contribution in [1.29, 1.82) is 0 Å². The van der Waals surface area contributed by atoms with Crippen molar-refractivity contribution in [2.45, 2.75) is 39.3 Å². The van der Waals surface area contributed by atoms with Gasteiger partial charge < -0.3 is 10.2 Å². The third-order valence-corrected chi connectivity index (χ3v) is 2.83. The van der Waals surface area contributed by atoms with Crippen molar-refractivity contribution in [1.82, 2.24) is 10.2 Å². The molecule has 0 aromatic carbocycles. The molecule has 0 saturated carbocycles. The van der Waals surface area contributed by atoms with Crippen LogP contribution in [0.25, 0.3) is 0 Å². The lowest BCUT2D eigenvalue weighted by molar-refractivity contribution is 0.191. The molecule has 4 heteroatoms. The van der Waals surface area contributed by atoms with Gasteiger partial charge in [0.1, 0.15) is 0 Å². The number of hydrogen-bond donors (Lipinski definition) is 1. The molecular weight excluding hydrogens is 196 g/mol. The summed E-state index contributed by atoms with van der Waals surface area (Å²) >= 11 is 1.78. The molecule has 2 amide bonds. The second-order valence-electron chi connectivity index (χ2n) is 3.73. The molecular formula is C10H22N2OS. The van der Waals surface area contributed by atoms with E-state index in [0.717, 1.165) is 12.2 Å². The number of carbonyl (C=O) groups excluding carboxylic acids is 1. The SMILES string of the molecule is CCC(CSC)N(C)C(=O)NC(C)C. The van der Waals surface area contributed by atoms with E-state index in [4.69, 9.17) is 0 Å². The average Bonchev–Trinajstić information content (AvgIpc) is 2.12. The summed E-state index contributed by atoms with van der Waals surface area (Å²) in [5.41, 5.74) is 0. The largest absolute Gasteiger partial charge is 0.336 e. The fourth-order valence-corrected chi connectivity index (χ4v) is 2.05. The summed E-state index contributed by atoms with van der Waals surface area (Å²) in [4.78, 5) is 13.4. The molecule has 0 aromatic rings. The maximum Gasteiger partial charge on any atom is 0.317 e. The van der Waals surface area contributed by atoms with Crippen molar-refractivity contribution in [2.75, 3.05) is 19.1 Å². The Morgan fingerprint density at radius 3 is 2.43 bits per heavy atom. The van der Waals surface area contributed by atoms with Crippen LogP contribution in [0.3, 0.4) is 0 Å². The van der Waals surface area contributed by atoms with Gasteiger partial charge in [0.25, 0.3) is 0 Å². The highest BCUT2D eigenvalue weighted by Gasteiger charge is 2.17. The van der Waals surface area contributed by atoms with Gasteiger partial charge in [0.15, 0.2) is 0 Å². The van der Waals surface area contributed by atoms with Crippen molar-refractivity contribution < 1.29 is 4.79 Å². The number of nitrogens with zero attached hydrogens (tertiary/aromatic N) is 1. The Kier molecular flexibility index (Phi) is 6.79. The van der Waals surface area contributed by atoms with E-state index in [2.05, 4.69) is 18.5 Å². The van der Waals surface area contributed by atoms with E-state index in [9.17, 15) is 4.79 Å². The van der Waals surface area contributed by atoms with Gasteiger partial charge in [0, 0.05) is 24.9 Å². The Morgan fingerprint density at radius 1 is 1.50 bits per heavy atom. The minimum Gasteiger partial charge on any atom is -0.336 e. The van der Waals surface area contributed by atoms with Crippen molar-refractivity contribution in [3.8, 4) is 0 Å². The fourth-order valence-electron chi connectivity index (χ4n) is 1.21. The maximum atomic E-state index is 11.6. The molecule has 0 spiro atoms. The predicted molar refractivity (Wildman–Crippen MR) is 63.9 cm³/mol. The van der Waals surface area contributed by atoms with Crippen LogP contribution in [0.1, 0.15) is 27.2 Å². The maximum absolute atomic E-state index is 11.6. The molecule has 0 saturated heterocycles. The molecule has 0 rings (SSSR count). The van der Waals surface area contributed by atoms with Crippen LogP contribution in [0.15, 0.2) is 0 Å². The molecule has 0 aromatic heterocycles. The van der Waals surface area contributed by atoms with E-state index in [1.54, 1.807) is 16.7 Å². The summed E-state index contributed by atoms with van der Waals surface area (Å²) < 4.78 is 0. The molecule has 0 bridgehead atoms. The smallest absolute Gasteiger partial charge is 0.317 e. The molecule has 1 N–H and O–H groups in total. The quantitative estimate of drug-likeness (QED) is 0.767. The number of thioether (sulfide) groups is 1. The molecule has 0 radical (unpaired) electrons. The van der Waals surface area contributed by atoms with Gasteiger partial charge in [-0.05, 0) is 26.5 Å². The van der Waals surface area contributed by atoms with Gasteiger partial charge >= 0.3 is 6.03 Å². The standard InChI is InChI=1S/C10H22N2OS/c1-6-9(7-14-5)12(4)10(13)11-8(2)3/h8-9H,6-7H2,1-5H3,(H,11,13). The molecule has 0 aliphatic heterocycles. The van der Waals surface area contributed by atoms with Crippen LogP contribution in [0, 0.1) is 0 Å². The molecule has 84 valence electrons. The zero-order chi connectivity index (χ0) is 11.1. The Labute approximate surface area is 91.6 Å². The van der Waals surface area contributed by atoms with E-state index in [1.165, 1.54) is 0 Å². The Morgan fingerprint density at radius 2 is 2.07 bits per heavy atom. The van der Waals surface area contributed by atoms with E-state index in [-0.39, 0.29) is 12.1 Å². The number of hydrogen-bond acceptors (Lipinski definition) is 2. The number of urea groups is 1. The van der Waals surface area contributed by atoms with Gasteiger partial charge in [-0.15, -0.1) is 0 Å². The summed E-state index contributed by atoms with van der Waals surface area (Å²) in [6, 6.07) is 0.571. The zero-order valence-electron chi connectivity index (χ0n) is 9.83. The third kappa shape index (κ3) is 4.74. The van der Waals surface area contributed by atoms with Gasteiger partial charge in [-0.2, -0.15) is 11.8 Å². The highest BCUT2D eigenvalue weighted by Crippen LogP contribution is 2.08. The first-order chi connectivity index (χ1) is 6.52. The molecule has 14 heavy (non-hydrogen) atoms. The molecule has 1 atom stereocenters. The summed E-state index contributed by atoms with van der Waals surface area (Å²) in [5, 5.41) is 2.89. The van der Waals surface area contributed by atoms with Crippen LogP contribution in [-0.2, 0) is 0 Å². The van der Waals surface area contributed by atoms with Gasteiger partial charge in [-0.25, -0.2) is 4.79 Å². The molecule has 0 heterocycles. The van der Waals surface area contributed by atoms with Crippen molar-refractivity contribution >= 4 is 17.8 Å². The van der Waals surface area contributed by atoms with E-state index >= 15 is 0 Å². The normalized spacial score (nSPS) is 12.7. The van der Waals surface area contributed by atoms with Crippen LogP contribution in [0.4, 0.5) is 4.79 Å². The highest BCUT2D eigenvalue weighted by molar-refractivity contribution is 7.98. The van der Waals surface area contributed by atoms with Gasteiger partial charge in [0.05, 0.1) is 0 Å². The minimum absolute atomic E-state index is 0.0286. The lowest BCUT2D eigenvalue weighted by Gasteiger charge is -2.27. The first-order valence-corrected chi connectivity index (χ1v) is 6.44. The summed E-state index contributed by atoms with van der Waals surface area (Å²) in [5.74, 6) is 0.999. The first kappa shape index (κ1) is 13.6. The number of nitrogens with one attached hydrogen (secondary N) is 1. The molecule has 1 unspecified atom stereocenters. The summed E-state index contributed by atoms with van der Waals surface area (Å²) in [7, 11) is 1.86. The van der Waals surface area contributed by atoms with E-state index in [0.29, 0.717) is 6.04 Å². The van der Waals surface area contributed by atoms with Crippen LogP contribution >= 0.6 is 11.8 Å². The highest BCUT2D eigenvalue weighted by atomic mass is 32.2. The molecule has 0 aliphatic rings. The van der Waals surface area contributed by atoms with Crippen LogP contribution in [-0.4, -0.2) is 42.1 Å². The average molecular weight is 218 g/mol. The molecule has 0 aliphatic carbocycles. The Hall–Kier alpha value is -0.380. The van der Waals surface area contributed by atoms with Crippen molar-refractivity contribution in [3.63, 3.8) is 0 Å². The lowest BCUT2D eigenvalue weighted by Crippen LogP contribution is -2.46. The lowest BCUT2D eigenvalue weighted by atomic mass is 10.2. The van der Waals surface area contributed by atoms with Crippen molar-refractivity contribution in [2.24, 2.45) is 0 Å². The predicted octanol–water partition coefficient (Wildman–Crippen LogP) is 2.18. The van der Waals surface area contributed by atoms with Crippen LogP contribution in [0.5, 0.6) is 0 Å². The second kappa shape index (κ2) is 6.98. The first-order valence-electron chi connectivity index (χ1n) is 5.05. The zero-order valence-corrected chi connectivity index (χ0v) is 10.6. The molecule has 3 nitrogen and oxygen atoms in total. The number of amides is 2. The summed E-state index contributed by atoms with van der Waals surface area (Å²) in [6.07, 6.45) is 3.07. The van der Waals surface area contributed by atoms with E-state index in [1.807, 2.05) is 20.9 Å². The monoisotopic (exact) mass is 218 g/mol. The summed E-state index contributed by atoms with van der Waals surface area (Å²) in [6.45, 7) is 6.06. The Balaban J connectivity index is 4.12. The van der Waals surface area contributed by atoms with Crippen LogP contribution < -0.4 is 5.32 Å². The Bertz CT molecular complexity index is 174. The van der Waals surface area contributed by atoms with E-state index < -0.39 is 0 Å². The number of rotatable bonds is 5. The number of carbonyl (C=O) groups is 1. The second-order valence-corrected chi connectivity index (χ2v) is 4.64. The molecule has 0 fully saturated rings. The topological polar surface area (TPSA) is 32.3 Å². The van der Waals surface area contributed by atoms with Crippen molar-refractivity contribution in [3.05, 3.63) is 0 Å². The third-order valence-electron chi connectivity index (χ3n) is 2.11. The van der Waals surface area contributed by atoms with Gasteiger partial charge in [-0.1, -0.05) is 6.92 Å². The van der Waals surface area contributed by atoms with Gasteiger partial charge in [0.2, 0.25) is 0 Å².